The number of carbonyl (C=O) groups is 1. The lowest BCUT2D eigenvalue weighted by molar-refractivity contribution is -0.125. The molecular formula is C20H27N3O2. The number of nitrogens with zero attached hydrogens (tertiary/aromatic N) is 2. The summed E-state index contributed by atoms with van der Waals surface area (Å²) in [6.45, 7) is 6.64. The average Bonchev–Trinajstić information content (AvgIpc) is 2.65. The normalized spacial score (nSPS) is 17.6. The molecule has 3 rings (SSSR count). The first-order valence-electron chi connectivity index (χ1n) is 9.10. The van der Waals surface area contributed by atoms with Crippen molar-refractivity contribution in [1.82, 2.24) is 10.3 Å². The predicted molar refractivity (Wildman–Crippen MR) is 101 cm³/mol. The van der Waals surface area contributed by atoms with Crippen molar-refractivity contribution in [3.63, 3.8) is 0 Å². The summed E-state index contributed by atoms with van der Waals surface area (Å²) in [5.74, 6) is 1.02. The van der Waals surface area contributed by atoms with E-state index in [1.807, 2.05) is 18.3 Å². The molecule has 134 valence electrons. The smallest absolute Gasteiger partial charge is 0.224 e. The molecule has 1 saturated heterocycles. The minimum absolute atomic E-state index is 0.0496. The number of hydrogen-bond acceptors (Lipinski definition) is 4. The molecule has 0 radical (unpaired) electrons. The van der Waals surface area contributed by atoms with Crippen LogP contribution in [-0.2, 0) is 4.79 Å². The van der Waals surface area contributed by atoms with E-state index in [4.69, 9.17) is 4.74 Å². The average molecular weight is 341 g/mol. The molecule has 1 aliphatic rings. The topological polar surface area (TPSA) is 54.5 Å². The number of nitrogens with one attached hydrogen (secondary N) is 1. The number of fused-ring (bicyclic) bond motifs is 1. The number of aryl methyl sites for hydroxylation is 1. The van der Waals surface area contributed by atoms with Crippen LogP contribution < -0.4 is 15.0 Å². The molecule has 1 amide bonds. The highest BCUT2D eigenvalue weighted by Gasteiger charge is 2.27. The van der Waals surface area contributed by atoms with Gasteiger partial charge in [-0.2, -0.15) is 0 Å². The number of carbonyl (C=O) groups excluding carboxylic acids is 1. The summed E-state index contributed by atoms with van der Waals surface area (Å²) in [5, 5.41) is 4.14. The maximum Gasteiger partial charge on any atom is 0.224 e. The molecule has 0 saturated carbocycles. The summed E-state index contributed by atoms with van der Waals surface area (Å²) >= 11 is 0. The lowest BCUT2D eigenvalue weighted by Gasteiger charge is -2.35. The highest BCUT2D eigenvalue weighted by atomic mass is 16.5. The molecule has 1 fully saturated rings. The van der Waals surface area contributed by atoms with Gasteiger partial charge in [0.05, 0.1) is 18.7 Å². The van der Waals surface area contributed by atoms with Gasteiger partial charge in [0.2, 0.25) is 5.91 Å². The maximum atomic E-state index is 12.4. The van der Waals surface area contributed by atoms with Crippen molar-refractivity contribution in [3.05, 3.63) is 30.0 Å². The Morgan fingerprint density at radius 1 is 1.44 bits per heavy atom. The Hall–Kier alpha value is -2.30. The van der Waals surface area contributed by atoms with Gasteiger partial charge in [-0.3, -0.25) is 9.78 Å². The van der Waals surface area contributed by atoms with Gasteiger partial charge in [0.25, 0.3) is 0 Å². The number of anilines is 1. The standard InChI is InChI=1S/C20H27N3O2/c1-4-10-21-20(24)15-7-6-11-23(13-15)19-14(2)12-22-18-16(19)8-5-9-17(18)25-3/h5,8-9,12,15H,4,6-7,10-11,13H2,1-3H3,(H,21,24). The van der Waals surface area contributed by atoms with Crippen LogP contribution in [0.1, 0.15) is 31.7 Å². The summed E-state index contributed by atoms with van der Waals surface area (Å²) in [5.41, 5.74) is 3.19. The van der Waals surface area contributed by atoms with Gasteiger partial charge in [-0.05, 0) is 37.8 Å². The molecule has 0 bridgehead atoms. The minimum Gasteiger partial charge on any atom is -0.494 e. The number of para-hydroxylation sites is 1. The van der Waals surface area contributed by atoms with E-state index in [1.54, 1.807) is 7.11 Å². The van der Waals surface area contributed by atoms with Crippen molar-refractivity contribution in [2.24, 2.45) is 5.92 Å². The number of ether oxygens (including phenoxy) is 1. The second-order valence-electron chi connectivity index (χ2n) is 6.72. The minimum atomic E-state index is 0.0496. The number of piperidine rings is 1. The molecule has 1 aliphatic heterocycles. The molecule has 1 aromatic heterocycles. The summed E-state index contributed by atoms with van der Waals surface area (Å²) in [4.78, 5) is 19.3. The van der Waals surface area contributed by atoms with Crippen LogP contribution in [0, 0.1) is 12.8 Å². The molecule has 5 heteroatoms. The van der Waals surface area contributed by atoms with Crippen molar-refractivity contribution in [1.29, 1.82) is 0 Å². The third-order valence-corrected chi connectivity index (χ3v) is 4.89. The van der Waals surface area contributed by atoms with E-state index in [0.29, 0.717) is 0 Å². The number of rotatable bonds is 5. The van der Waals surface area contributed by atoms with Gasteiger partial charge in [0.1, 0.15) is 11.3 Å². The number of methoxy groups -OCH3 is 1. The number of pyridine rings is 1. The summed E-state index contributed by atoms with van der Waals surface area (Å²) in [7, 11) is 1.67. The summed E-state index contributed by atoms with van der Waals surface area (Å²) in [6.07, 6.45) is 4.85. The Kier molecular flexibility index (Phi) is 5.41. The SMILES string of the molecule is CCCNC(=O)C1CCCN(c2c(C)cnc3c(OC)cccc23)C1. The van der Waals surface area contributed by atoms with Gasteiger partial charge in [-0.1, -0.05) is 19.1 Å². The molecule has 25 heavy (non-hydrogen) atoms. The number of aromatic nitrogens is 1. The van der Waals surface area contributed by atoms with E-state index in [9.17, 15) is 4.79 Å². The largest absolute Gasteiger partial charge is 0.494 e. The Bertz CT molecular complexity index is 760. The fourth-order valence-electron chi connectivity index (χ4n) is 3.65. The highest BCUT2D eigenvalue weighted by molar-refractivity contribution is 5.96. The molecule has 2 aromatic rings. The molecule has 5 nitrogen and oxygen atoms in total. The first kappa shape index (κ1) is 17.5. The van der Waals surface area contributed by atoms with Crippen molar-refractivity contribution < 1.29 is 9.53 Å². The zero-order valence-electron chi connectivity index (χ0n) is 15.3. The molecular weight excluding hydrogens is 314 g/mol. The lowest BCUT2D eigenvalue weighted by atomic mass is 9.95. The third kappa shape index (κ3) is 3.55. The van der Waals surface area contributed by atoms with E-state index in [1.165, 1.54) is 5.69 Å². The zero-order chi connectivity index (χ0) is 17.8. The van der Waals surface area contributed by atoms with Crippen LogP contribution in [0.3, 0.4) is 0 Å². The first-order valence-corrected chi connectivity index (χ1v) is 9.10. The molecule has 2 heterocycles. The third-order valence-electron chi connectivity index (χ3n) is 4.89. The van der Waals surface area contributed by atoms with Crippen LogP contribution in [-0.4, -0.2) is 37.6 Å². The van der Waals surface area contributed by atoms with Crippen LogP contribution >= 0.6 is 0 Å². The Balaban J connectivity index is 1.93. The van der Waals surface area contributed by atoms with E-state index in [0.717, 1.165) is 61.1 Å². The van der Waals surface area contributed by atoms with Gasteiger partial charge in [-0.25, -0.2) is 0 Å². The molecule has 1 N–H and O–H groups in total. The summed E-state index contributed by atoms with van der Waals surface area (Å²) in [6, 6.07) is 6.03. The van der Waals surface area contributed by atoms with E-state index >= 15 is 0 Å². The van der Waals surface area contributed by atoms with E-state index in [-0.39, 0.29) is 11.8 Å². The van der Waals surface area contributed by atoms with E-state index < -0.39 is 0 Å². The van der Waals surface area contributed by atoms with Gasteiger partial charge < -0.3 is 15.0 Å². The molecule has 1 unspecified atom stereocenters. The van der Waals surface area contributed by atoms with Crippen molar-refractivity contribution >= 4 is 22.5 Å². The predicted octanol–water partition coefficient (Wildman–Crippen LogP) is 3.29. The number of amides is 1. The van der Waals surface area contributed by atoms with Crippen LogP contribution in [0.25, 0.3) is 10.9 Å². The van der Waals surface area contributed by atoms with Crippen LogP contribution in [0.15, 0.2) is 24.4 Å². The van der Waals surface area contributed by atoms with Crippen LogP contribution in [0.5, 0.6) is 5.75 Å². The Labute approximate surface area is 149 Å². The molecule has 0 spiro atoms. The van der Waals surface area contributed by atoms with Crippen molar-refractivity contribution in [2.45, 2.75) is 33.1 Å². The van der Waals surface area contributed by atoms with Gasteiger partial charge in [0, 0.05) is 31.2 Å². The van der Waals surface area contributed by atoms with Gasteiger partial charge >= 0.3 is 0 Å². The maximum absolute atomic E-state index is 12.4. The molecule has 1 atom stereocenters. The monoisotopic (exact) mass is 341 g/mol. The number of hydrogen-bond donors (Lipinski definition) is 1. The van der Waals surface area contributed by atoms with Crippen molar-refractivity contribution in [2.75, 3.05) is 31.6 Å². The fourth-order valence-corrected chi connectivity index (χ4v) is 3.65. The second-order valence-corrected chi connectivity index (χ2v) is 6.72. The molecule has 1 aromatic carbocycles. The first-order chi connectivity index (χ1) is 12.2. The Morgan fingerprint density at radius 2 is 2.28 bits per heavy atom. The summed E-state index contributed by atoms with van der Waals surface area (Å²) < 4.78 is 5.47. The second kappa shape index (κ2) is 7.72. The van der Waals surface area contributed by atoms with Gasteiger partial charge in [-0.15, -0.1) is 0 Å². The van der Waals surface area contributed by atoms with E-state index in [2.05, 4.69) is 35.1 Å². The molecule has 0 aliphatic carbocycles. The van der Waals surface area contributed by atoms with Gasteiger partial charge in [0.15, 0.2) is 0 Å². The Morgan fingerprint density at radius 3 is 3.04 bits per heavy atom. The zero-order valence-corrected chi connectivity index (χ0v) is 15.3. The lowest BCUT2D eigenvalue weighted by Crippen LogP contribution is -2.43. The van der Waals surface area contributed by atoms with Crippen LogP contribution in [0.4, 0.5) is 5.69 Å². The van der Waals surface area contributed by atoms with Crippen LogP contribution in [0.2, 0.25) is 0 Å². The highest BCUT2D eigenvalue weighted by Crippen LogP contribution is 2.35. The van der Waals surface area contributed by atoms with Crippen molar-refractivity contribution in [3.8, 4) is 5.75 Å². The quantitative estimate of drug-likeness (QED) is 0.907. The number of benzene rings is 1. The fraction of sp³-hybridized carbons (Fsp3) is 0.500.